The molecule has 7 heteroatoms. The second kappa shape index (κ2) is 7.65. The number of hydrogen-bond donors (Lipinski definition) is 1. The Morgan fingerprint density at radius 2 is 1.76 bits per heavy atom. The third-order valence-electron chi connectivity index (χ3n) is 4.40. The van der Waals surface area contributed by atoms with Crippen molar-refractivity contribution in [3.63, 3.8) is 0 Å². The number of piperidine rings is 1. The number of hydrogen-bond acceptors (Lipinski definition) is 4. The van der Waals surface area contributed by atoms with E-state index in [0.717, 1.165) is 10.2 Å². The predicted molar refractivity (Wildman–Crippen MR) is 101 cm³/mol. The lowest BCUT2D eigenvalue weighted by Gasteiger charge is -2.32. The molecular formula is C18H18BrN3O3. The summed E-state index contributed by atoms with van der Waals surface area (Å²) in [7, 11) is 0. The molecule has 1 saturated heterocycles. The fraction of sp³-hybridized carbons (Fsp3) is 0.278. The van der Waals surface area contributed by atoms with Crippen LogP contribution in [-0.4, -0.2) is 23.9 Å². The van der Waals surface area contributed by atoms with Gasteiger partial charge in [0.05, 0.1) is 4.92 Å². The molecule has 0 radical (unpaired) electrons. The highest BCUT2D eigenvalue weighted by Gasteiger charge is 2.28. The molecule has 25 heavy (non-hydrogen) atoms. The van der Waals surface area contributed by atoms with Gasteiger partial charge < -0.3 is 10.2 Å². The maximum absolute atomic E-state index is 12.4. The van der Waals surface area contributed by atoms with Crippen LogP contribution in [0.25, 0.3) is 0 Å². The van der Waals surface area contributed by atoms with Crippen LogP contribution in [0.15, 0.2) is 53.0 Å². The lowest BCUT2D eigenvalue weighted by atomic mass is 9.95. The Kier molecular flexibility index (Phi) is 5.33. The molecule has 1 N–H and O–H groups in total. The van der Waals surface area contributed by atoms with Crippen LogP contribution < -0.4 is 10.2 Å². The third kappa shape index (κ3) is 4.17. The Labute approximate surface area is 154 Å². The number of carbonyl (C=O) groups is 1. The first-order chi connectivity index (χ1) is 12.0. The van der Waals surface area contributed by atoms with E-state index in [4.69, 9.17) is 0 Å². The van der Waals surface area contributed by atoms with Crippen molar-refractivity contribution in [1.82, 2.24) is 0 Å². The number of rotatable bonds is 4. The first kappa shape index (κ1) is 17.4. The minimum atomic E-state index is -0.359. The monoisotopic (exact) mass is 403 g/mol. The molecule has 0 atom stereocenters. The lowest BCUT2D eigenvalue weighted by molar-refractivity contribution is -0.384. The number of anilines is 2. The first-order valence-electron chi connectivity index (χ1n) is 8.09. The Bertz CT molecular complexity index is 771. The van der Waals surface area contributed by atoms with Gasteiger partial charge in [-0.1, -0.05) is 28.1 Å². The average molecular weight is 404 g/mol. The predicted octanol–water partition coefficient (Wildman–Crippen LogP) is 4.21. The fourth-order valence-corrected chi connectivity index (χ4v) is 3.31. The fourth-order valence-electron chi connectivity index (χ4n) is 3.05. The van der Waals surface area contributed by atoms with Gasteiger partial charge in [-0.2, -0.15) is 0 Å². The maximum Gasteiger partial charge on any atom is 0.292 e. The van der Waals surface area contributed by atoms with Crippen LogP contribution in [0, 0.1) is 16.0 Å². The Balaban J connectivity index is 1.61. The van der Waals surface area contributed by atoms with Crippen molar-refractivity contribution in [2.45, 2.75) is 12.8 Å². The Morgan fingerprint density at radius 3 is 2.40 bits per heavy atom. The zero-order valence-electron chi connectivity index (χ0n) is 13.5. The van der Waals surface area contributed by atoms with E-state index in [9.17, 15) is 14.9 Å². The molecule has 2 aromatic rings. The number of nitro groups is 1. The van der Waals surface area contributed by atoms with Crippen LogP contribution in [0.2, 0.25) is 0 Å². The summed E-state index contributed by atoms with van der Waals surface area (Å²) < 4.78 is 0.961. The maximum atomic E-state index is 12.4. The van der Waals surface area contributed by atoms with E-state index in [1.807, 2.05) is 29.2 Å². The SMILES string of the molecule is O=C(Nc1ccc(Br)cc1)C1CCN(c2ccccc2[N+](=O)[O-])CC1. The van der Waals surface area contributed by atoms with Gasteiger partial charge in [0.25, 0.3) is 5.69 Å². The molecule has 0 spiro atoms. The number of nitro benzene ring substituents is 1. The van der Waals surface area contributed by atoms with E-state index in [1.165, 1.54) is 6.07 Å². The van der Waals surface area contributed by atoms with Crippen molar-refractivity contribution in [3.8, 4) is 0 Å². The molecule has 1 aliphatic rings. The van der Waals surface area contributed by atoms with Gasteiger partial charge in [-0.25, -0.2) is 0 Å². The zero-order valence-corrected chi connectivity index (χ0v) is 15.1. The summed E-state index contributed by atoms with van der Waals surface area (Å²) in [5.41, 5.74) is 1.51. The smallest absolute Gasteiger partial charge is 0.292 e. The summed E-state index contributed by atoms with van der Waals surface area (Å²) in [6.45, 7) is 1.26. The van der Waals surface area contributed by atoms with E-state index >= 15 is 0 Å². The topological polar surface area (TPSA) is 75.5 Å². The quantitative estimate of drug-likeness (QED) is 0.612. The first-order valence-corrected chi connectivity index (χ1v) is 8.88. The van der Waals surface area contributed by atoms with Crippen LogP contribution in [-0.2, 0) is 4.79 Å². The molecule has 0 bridgehead atoms. The standard InChI is InChI=1S/C18H18BrN3O3/c19-14-5-7-15(8-6-14)20-18(23)13-9-11-21(12-10-13)16-3-1-2-4-17(16)22(24)25/h1-8,13H,9-12H2,(H,20,23). The van der Waals surface area contributed by atoms with Crippen molar-refractivity contribution in [1.29, 1.82) is 0 Å². The number of nitrogens with zero attached hydrogens (tertiary/aromatic N) is 2. The van der Waals surface area contributed by atoms with Crippen LogP contribution in [0.1, 0.15) is 12.8 Å². The van der Waals surface area contributed by atoms with Gasteiger partial charge in [-0.3, -0.25) is 14.9 Å². The van der Waals surface area contributed by atoms with Crippen molar-refractivity contribution in [3.05, 3.63) is 63.1 Å². The summed E-state index contributed by atoms with van der Waals surface area (Å²) in [6, 6.07) is 14.2. The van der Waals surface area contributed by atoms with Crippen LogP contribution in [0.5, 0.6) is 0 Å². The van der Waals surface area contributed by atoms with Crippen LogP contribution >= 0.6 is 15.9 Å². The molecule has 0 unspecified atom stereocenters. The minimum absolute atomic E-state index is 0.00420. The molecule has 1 heterocycles. The largest absolute Gasteiger partial charge is 0.366 e. The van der Waals surface area contributed by atoms with Gasteiger partial charge in [-0.05, 0) is 43.2 Å². The number of carbonyl (C=O) groups excluding carboxylic acids is 1. The highest BCUT2D eigenvalue weighted by molar-refractivity contribution is 9.10. The normalized spacial score (nSPS) is 15.0. The molecular weight excluding hydrogens is 386 g/mol. The molecule has 6 nitrogen and oxygen atoms in total. The number of para-hydroxylation sites is 2. The van der Waals surface area contributed by atoms with E-state index < -0.39 is 0 Å². The second-order valence-corrected chi connectivity index (χ2v) is 6.92. The molecule has 0 aliphatic carbocycles. The number of amides is 1. The summed E-state index contributed by atoms with van der Waals surface area (Å²) in [4.78, 5) is 25.2. The molecule has 0 saturated carbocycles. The molecule has 1 amide bonds. The highest BCUT2D eigenvalue weighted by atomic mass is 79.9. The minimum Gasteiger partial charge on any atom is -0.366 e. The van der Waals surface area contributed by atoms with Crippen LogP contribution in [0.3, 0.4) is 0 Å². The van der Waals surface area contributed by atoms with Crippen molar-refractivity contribution in [2.75, 3.05) is 23.3 Å². The molecule has 130 valence electrons. The summed E-state index contributed by atoms with van der Waals surface area (Å²) in [5.74, 6) is -0.0767. The lowest BCUT2D eigenvalue weighted by Crippen LogP contribution is -2.38. The molecule has 2 aromatic carbocycles. The third-order valence-corrected chi connectivity index (χ3v) is 4.93. The van der Waals surface area contributed by atoms with E-state index in [2.05, 4.69) is 21.2 Å². The van der Waals surface area contributed by atoms with Gasteiger partial charge in [0.15, 0.2) is 0 Å². The number of halogens is 1. The summed E-state index contributed by atoms with van der Waals surface area (Å²) >= 11 is 3.37. The molecule has 3 rings (SSSR count). The Hall–Kier alpha value is -2.41. The van der Waals surface area contributed by atoms with Crippen molar-refractivity contribution >= 4 is 38.9 Å². The van der Waals surface area contributed by atoms with Gasteiger partial charge in [0.1, 0.15) is 5.69 Å². The Morgan fingerprint density at radius 1 is 1.12 bits per heavy atom. The van der Waals surface area contributed by atoms with Gasteiger partial charge in [-0.15, -0.1) is 0 Å². The second-order valence-electron chi connectivity index (χ2n) is 6.00. The van der Waals surface area contributed by atoms with Crippen molar-refractivity contribution in [2.24, 2.45) is 5.92 Å². The van der Waals surface area contributed by atoms with Gasteiger partial charge >= 0.3 is 0 Å². The average Bonchev–Trinajstić information content (AvgIpc) is 2.63. The van der Waals surface area contributed by atoms with Crippen LogP contribution in [0.4, 0.5) is 17.1 Å². The number of benzene rings is 2. The van der Waals surface area contributed by atoms with E-state index in [0.29, 0.717) is 31.6 Å². The van der Waals surface area contributed by atoms with E-state index in [-0.39, 0.29) is 22.4 Å². The molecule has 1 fully saturated rings. The zero-order chi connectivity index (χ0) is 17.8. The summed E-state index contributed by atoms with van der Waals surface area (Å²) in [5, 5.41) is 14.1. The molecule has 0 aromatic heterocycles. The number of nitrogens with one attached hydrogen (secondary N) is 1. The highest BCUT2D eigenvalue weighted by Crippen LogP contribution is 2.31. The van der Waals surface area contributed by atoms with Gasteiger partial charge in [0, 0.05) is 35.2 Å². The van der Waals surface area contributed by atoms with Crippen molar-refractivity contribution < 1.29 is 9.72 Å². The van der Waals surface area contributed by atoms with Gasteiger partial charge in [0.2, 0.25) is 5.91 Å². The molecule has 1 aliphatic heterocycles. The summed E-state index contributed by atoms with van der Waals surface area (Å²) in [6.07, 6.45) is 1.35. The van der Waals surface area contributed by atoms with E-state index in [1.54, 1.807) is 18.2 Å².